The summed E-state index contributed by atoms with van der Waals surface area (Å²) in [6.07, 6.45) is 2.62. The number of aromatic nitrogens is 1. The van der Waals surface area contributed by atoms with E-state index in [-0.39, 0.29) is 11.3 Å². The van der Waals surface area contributed by atoms with Crippen LogP contribution in [0.5, 0.6) is 0 Å². The van der Waals surface area contributed by atoms with Crippen LogP contribution in [-0.2, 0) is 23.1 Å². The number of nitrogens with zero attached hydrogens (tertiary/aromatic N) is 1. The number of nitrogens with one attached hydrogen (secondary N) is 1. The minimum Gasteiger partial charge on any atom is -0.349 e. The van der Waals surface area contributed by atoms with Crippen LogP contribution >= 0.6 is 0 Å². The SMILES string of the molecule is CCCn1cc(S(=O)(=O)NCC(C)C(C)(C)C)cc1CN. The Morgan fingerprint density at radius 3 is 2.48 bits per heavy atom. The fourth-order valence-electron chi connectivity index (χ4n) is 1.92. The number of sulfonamides is 1. The van der Waals surface area contributed by atoms with E-state index in [1.807, 2.05) is 4.57 Å². The van der Waals surface area contributed by atoms with Gasteiger partial charge in [0.2, 0.25) is 10.0 Å². The fourth-order valence-corrected chi connectivity index (χ4v) is 3.11. The lowest BCUT2D eigenvalue weighted by molar-refractivity contribution is 0.263. The van der Waals surface area contributed by atoms with Crippen molar-refractivity contribution >= 4 is 10.0 Å². The topological polar surface area (TPSA) is 77.1 Å². The van der Waals surface area contributed by atoms with Crippen LogP contribution in [0, 0.1) is 11.3 Å². The van der Waals surface area contributed by atoms with Gasteiger partial charge >= 0.3 is 0 Å². The van der Waals surface area contributed by atoms with Gasteiger partial charge in [-0.2, -0.15) is 0 Å². The Bertz CT molecular complexity index is 556. The van der Waals surface area contributed by atoms with Crippen LogP contribution in [0.1, 0.15) is 46.7 Å². The molecule has 1 atom stereocenters. The Hall–Kier alpha value is -0.850. The summed E-state index contributed by atoms with van der Waals surface area (Å²) >= 11 is 0. The summed E-state index contributed by atoms with van der Waals surface area (Å²) in [4.78, 5) is 0.303. The van der Waals surface area contributed by atoms with Crippen LogP contribution in [-0.4, -0.2) is 19.5 Å². The molecule has 0 aliphatic heterocycles. The van der Waals surface area contributed by atoms with Crippen molar-refractivity contribution in [1.29, 1.82) is 0 Å². The van der Waals surface area contributed by atoms with Gasteiger partial charge in [-0.15, -0.1) is 0 Å². The third-order valence-electron chi connectivity index (χ3n) is 4.00. The van der Waals surface area contributed by atoms with Gasteiger partial charge in [-0.3, -0.25) is 0 Å². The summed E-state index contributed by atoms with van der Waals surface area (Å²) in [5.74, 6) is 0.249. The summed E-state index contributed by atoms with van der Waals surface area (Å²) in [7, 11) is -3.47. The molecule has 0 aromatic carbocycles. The van der Waals surface area contributed by atoms with E-state index in [1.54, 1.807) is 12.3 Å². The van der Waals surface area contributed by atoms with Crippen LogP contribution < -0.4 is 10.5 Å². The number of hydrogen-bond acceptors (Lipinski definition) is 3. The molecule has 0 saturated carbocycles. The average molecular weight is 315 g/mol. The molecule has 0 saturated heterocycles. The normalized spacial score (nSPS) is 14.4. The lowest BCUT2D eigenvalue weighted by Gasteiger charge is -2.27. The van der Waals surface area contributed by atoms with Crippen LogP contribution in [0.2, 0.25) is 0 Å². The van der Waals surface area contributed by atoms with Crippen LogP contribution in [0.3, 0.4) is 0 Å². The molecule has 1 aromatic heterocycles. The number of aryl methyl sites for hydroxylation is 1. The van der Waals surface area contributed by atoms with Gasteiger partial charge in [0, 0.05) is 31.5 Å². The number of hydrogen-bond donors (Lipinski definition) is 2. The Balaban J connectivity index is 2.88. The molecule has 5 nitrogen and oxygen atoms in total. The van der Waals surface area contributed by atoms with Gasteiger partial charge in [0.05, 0.1) is 4.90 Å². The van der Waals surface area contributed by atoms with E-state index in [4.69, 9.17) is 5.73 Å². The predicted octanol–water partition coefficient (Wildman–Crippen LogP) is 2.32. The summed E-state index contributed by atoms with van der Waals surface area (Å²) < 4.78 is 29.4. The molecule has 0 amide bonds. The van der Waals surface area contributed by atoms with Gasteiger partial charge < -0.3 is 10.3 Å². The maximum atomic E-state index is 12.4. The van der Waals surface area contributed by atoms with Crippen LogP contribution in [0.4, 0.5) is 0 Å². The highest BCUT2D eigenvalue weighted by atomic mass is 32.2. The maximum Gasteiger partial charge on any atom is 0.242 e. The zero-order valence-corrected chi connectivity index (χ0v) is 14.6. The summed E-state index contributed by atoms with van der Waals surface area (Å²) in [6.45, 7) is 12.0. The Kier molecular flexibility index (Phi) is 6.01. The second kappa shape index (κ2) is 6.94. The van der Waals surface area contributed by atoms with Gasteiger partial charge in [-0.25, -0.2) is 13.1 Å². The van der Waals surface area contributed by atoms with Crippen molar-refractivity contribution in [3.8, 4) is 0 Å². The first kappa shape index (κ1) is 18.2. The molecule has 0 spiro atoms. The van der Waals surface area contributed by atoms with Crippen molar-refractivity contribution in [2.45, 2.75) is 59.0 Å². The molecule has 1 heterocycles. The smallest absolute Gasteiger partial charge is 0.242 e. The minimum absolute atomic E-state index is 0.0685. The number of rotatable bonds is 7. The van der Waals surface area contributed by atoms with Gasteiger partial charge in [0.1, 0.15) is 0 Å². The first-order valence-electron chi connectivity index (χ1n) is 7.50. The summed E-state index contributed by atoms with van der Waals surface area (Å²) in [5.41, 5.74) is 6.60. The van der Waals surface area contributed by atoms with E-state index < -0.39 is 10.0 Å². The zero-order chi connectivity index (χ0) is 16.3. The van der Waals surface area contributed by atoms with E-state index in [0.29, 0.717) is 18.0 Å². The Morgan fingerprint density at radius 2 is 2.00 bits per heavy atom. The molecule has 0 aliphatic carbocycles. The predicted molar refractivity (Wildman–Crippen MR) is 86.4 cm³/mol. The van der Waals surface area contributed by atoms with Gasteiger partial charge in [-0.1, -0.05) is 34.6 Å². The second-order valence-electron chi connectivity index (χ2n) is 6.68. The van der Waals surface area contributed by atoms with Gasteiger partial charge in [0.25, 0.3) is 0 Å². The largest absolute Gasteiger partial charge is 0.349 e. The van der Waals surface area contributed by atoms with E-state index in [1.165, 1.54) is 0 Å². The highest BCUT2D eigenvalue weighted by Gasteiger charge is 2.23. The molecule has 6 heteroatoms. The molecule has 122 valence electrons. The molecular formula is C15H29N3O2S. The minimum atomic E-state index is -3.47. The average Bonchev–Trinajstić information content (AvgIpc) is 2.79. The summed E-state index contributed by atoms with van der Waals surface area (Å²) in [5, 5.41) is 0. The first-order chi connectivity index (χ1) is 9.61. The molecule has 0 fully saturated rings. The first-order valence-corrected chi connectivity index (χ1v) is 8.99. The molecule has 0 radical (unpaired) electrons. The summed E-state index contributed by atoms with van der Waals surface area (Å²) in [6, 6.07) is 1.67. The standard InChI is InChI=1S/C15H29N3O2S/c1-6-7-18-11-14(8-13(18)9-16)21(19,20)17-10-12(2)15(3,4)5/h8,11-12,17H,6-7,9-10,16H2,1-5H3. The third kappa shape index (κ3) is 4.83. The monoisotopic (exact) mass is 315 g/mol. The van der Waals surface area contributed by atoms with E-state index in [0.717, 1.165) is 18.7 Å². The lowest BCUT2D eigenvalue weighted by Crippen LogP contribution is -2.33. The molecular weight excluding hydrogens is 286 g/mol. The highest BCUT2D eigenvalue weighted by molar-refractivity contribution is 7.89. The Morgan fingerprint density at radius 1 is 1.38 bits per heavy atom. The molecule has 1 aromatic rings. The van der Waals surface area contributed by atoms with Crippen molar-refractivity contribution < 1.29 is 8.42 Å². The van der Waals surface area contributed by atoms with Gasteiger partial charge in [0.15, 0.2) is 0 Å². The van der Waals surface area contributed by atoms with E-state index in [9.17, 15) is 8.42 Å². The van der Waals surface area contributed by atoms with Crippen molar-refractivity contribution in [1.82, 2.24) is 9.29 Å². The fraction of sp³-hybridized carbons (Fsp3) is 0.733. The van der Waals surface area contributed by atoms with Crippen molar-refractivity contribution in [2.24, 2.45) is 17.1 Å². The second-order valence-corrected chi connectivity index (χ2v) is 8.45. The van der Waals surface area contributed by atoms with Crippen LogP contribution in [0.25, 0.3) is 0 Å². The molecule has 0 bridgehead atoms. The van der Waals surface area contributed by atoms with Crippen molar-refractivity contribution in [3.05, 3.63) is 18.0 Å². The highest BCUT2D eigenvalue weighted by Crippen LogP contribution is 2.25. The van der Waals surface area contributed by atoms with E-state index >= 15 is 0 Å². The van der Waals surface area contributed by atoms with E-state index in [2.05, 4.69) is 39.3 Å². The molecule has 1 unspecified atom stereocenters. The molecule has 3 N–H and O–H groups in total. The van der Waals surface area contributed by atoms with Crippen LogP contribution in [0.15, 0.2) is 17.2 Å². The molecule has 1 rings (SSSR count). The Labute approximate surface area is 129 Å². The lowest BCUT2D eigenvalue weighted by atomic mass is 9.82. The molecule has 0 aliphatic rings. The third-order valence-corrected chi connectivity index (χ3v) is 5.39. The molecule has 21 heavy (non-hydrogen) atoms. The van der Waals surface area contributed by atoms with Gasteiger partial charge in [-0.05, 0) is 23.8 Å². The quantitative estimate of drug-likeness (QED) is 0.810. The van der Waals surface area contributed by atoms with Crippen molar-refractivity contribution in [2.75, 3.05) is 6.54 Å². The van der Waals surface area contributed by atoms with Crippen molar-refractivity contribution in [3.63, 3.8) is 0 Å². The number of nitrogens with two attached hydrogens (primary N) is 1. The maximum absolute atomic E-state index is 12.4. The zero-order valence-electron chi connectivity index (χ0n) is 13.8.